The molecule has 1 amide bonds. The van der Waals surface area contributed by atoms with Crippen molar-refractivity contribution in [3.05, 3.63) is 101 Å². The Hall–Kier alpha value is -3.88. The zero-order valence-corrected chi connectivity index (χ0v) is 17.5. The predicted octanol–water partition coefficient (Wildman–Crippen LogP) is 4.32. The van der Waals surface area contributed by atoms with Crippen molar-refractivity contribution >= 4 is 17.4 Å². The summed E-state index contributed by atoms with van der Waals surface area (Å²) in [4.78, 5) is 24.3. The predicted molar refractivity (Wildman–Crippen MR) is 121 cm³/mol. The number of carbonyl (C=O) groups excluding carboxylic acids is 2. The van der Waals surface area contributed by atoms with Crippen molar-refractivity contribution in [3.8, 4) is 11.8 Å². The molecule has 0 saturated heterocycles. The SMILES string of the molecule is CC(=O)C(C)(Nc1ccc(C(=O)NO)cc1)c1ccccc1C#CCc1ccccc1. The highest BCUT2D eigenvalue weighted by molar-refractivity contribution is 5.94. The Morgan fingerprint density at radius 3 is 2.23 bits per heavy atom. The minimum atomic E-state index is -1.02. The molecule has 156 valence electrons. The van der Waals surface area contributed by atoms with Gasteiger partial charge in [-0.15, -0.1) is 0 Å². The fraction of sp³-hybridized carbons (Fsp3) is 0.154. The third-order valence-electron chi connectivity index (χ3n) is 5.17. The van der Waals surface area contributed by atoms with Crippen molar-refractivity contribution < 1.29 is 14.8 Å². The zero-order chi connectivity index (χ0) is 22.3. The van der Waals surface area contributed by atoms with E-state index >= 15 is 0 Å². The Labute approximate surface area is 182 Å². The number of rotatable bonds is 6. The normalized spacial score (nSPS) is 12.1. The largest absolute Gasteiger partial charge is 0.369 e. The number of anilines is 1. The van der Waals surface area contributed by atoms with Gasteiger partial charge >= 0.3 is 0 Å². The number of benzene rings is 3. The summed E-state index contributed by atoms with van der Waals surface area (Å²) in [5.74, 6) is 5.75. The number of amides is 1. The Bertz CT molecular complexity index is 1130. The van der Waals surface area contributed by atoms with Crippen LogP contribution >= 0.6 is 0 Å². The van der Waals surface area contributed by atoms with E-state index in [1.807, 2.05) is 61.5 Å². The van der Waals surface area contributed by atoms with Gasteiger partial charge in [0, 0.05) is 28.8 Å². The van der Waals surface area contributed by atoms with Crippen LogP contribution in [0.2, 0.25) is 0 Å². The van der Waals surface area contributed by atoms with Crippen LogP contribution in [0.1, 0.15) is 40.9 Å². The highest BCUT2D eigenvalue weighted by atomic mass is 16.5. The fourth-order valence-corrected chi connectivity index (χ4v) is 3.27. The standard InChI is InChI=1S/C26H24N2O3/c1-19(29)26(2,27-23-17-15-22(16-18-23)25(30)28-31)24-14-7-6-12-21(24)13-8-11-20-9-4-3-5-10-20/h3-7,9-10,12,14-18,27,31H,11H2,1-2H3,(H,28,30). The summed E-state index contributed by atoms with van der Waals surface area (Å²) in [6.45, 7) is 3.36. The summed E-state index contributed by atoms with van der Waals surface area (Å²) in [5, 5.41) is 12.1. The molecule has 3 aromatic carbocycles. The molecule has 1 unspecified atom stereocenters. The van der Waals surface area contributed by atoms with Gasteiger partial charge in [-0.3, -0.25) is 14.8 Å². The molecule has 5 nitrogen and oxygen atoms in total. The van der Waals surface area contributed by atoms with Crippen molar-refractivity contribution in [2.24, 2.45) is 0 Å². The monoisotopic (exact) mass is 412 g/mol. The van der Waals surface area contributed by atoms with E-state index in [1.54, 1.807) is 29.7 Å². The highest BCUT2D eigenvalue weighted by Crippen LogP contribution is 2.30. The molecule has 0 aliphatic carbocycles. The molecule has 0 saturated carbocycles. The van der Waals surface area contributed by atoms with E-state index in [-0.39, 0.29) is 5.78 Å². The number of hydrogen-bond donors (Lipinski definition) is 3. The molecule has 0 spiro atoms. The van der Waals surface area contributed by atoms with Crippen LogP contribution in [0.4, 0.5) is 5.69 Å². The van der Waals surface area contributed by atoms with E-state index in [9.17, 15) is 9.59 Å². The van der Waals surface area contributed by atoms with Gasteiger partial charge in [0.1, 0.15) is 5.54 Å². The van der Waals surface area contributed by atoms with E-state index in [1.165, 1.54) is 6.92 Å². The number of ketones is 1. The smallest absolute Gasteiger partial charge is 0.274 e. The first-order chi connectivity index (χ1) is 14.9. The first-order valence-electron chi connectivity index (χ1n) is 9.90. The van der Waals surface area contributed by atoms with Crippen molar-refractivity contribution in [2.45, 2.75) is 25.8 Å². The minimum Gasteiger partial charge on any atom is -0.369 e. The van der Waals surface area contributed by atoms with Crippen molar-refractivity contribution in [1.29, 1.82) is 0 Å². The Kier molecular flexibility index (Phi) is 6.86. The van der Waals surface area contributed by atoms with Crippen LogP contribution in [-0.2, 0) is 16.8 Å². The molecule has 0 fully saturated rings. The molecular formula is C26H24N2O3. The lowest BCUT2D eigenvalue weighted by atomic mass is 9.84. The maximum Gasteiger partial charge on any atom is 0.274 e. The summed E-state index contributed by atoms with van der Waals surface area (Å²) in [7, 11) is 0. The molecule has 1 atom stereocenters. The molecule has 3 rings (SSSR count). The van der Waals surface area contributed by atoms with Crippen LogP contribution in [0.25, 0.3) is 0 Å². The highest BCUT2D eigenvalue weighted by Gasteiger charge is 2.33. The molecule has 0 radical (unpaired) electrons. The lowest BCUT2D eigenvalue weighted by molar-refractivity contribution is -0.121. The average Bonchev–Trinajstić information content (AvgIpc) is 2.80. The average molecular weight is 412 g/mol. The number of carbonyl (C=O) groups is 2. The number of hydrogen-bond acceptors (Lipinski definition) is 4. The van der Waals surface area contributed by atoms with E-state index in [4.69, 9.17) is 5.21 Å². The first kappa shape index (κ1) is 21.8. The molecule has 31 heavy (non-hydrogen) atoms. The molecule has 0 bridgehead atoms. The van der Waals surface area contributed by atoms with Gasteiger partial charge < -0.3 is 5.32 Å². The third kappa shape index (κ3) is 5.19. The summed E-state index contributed by atoms with van der Waals surface area (Å²) in [6, 6.07) is 24.1. The molecule has 0 aliphatic rings. The van der Waals surface area contributed by atoms with E-state index < -0.39 is 11.4 Å². The van der Waals surface area contributed by atoms with E-state index in [0.717, 1.165) is 16.7 Å². The van der Waals surface area contributed by atoms with Gasteiger partial charge in [-0.1, -0.05) is 60.4 Å². The van der Waals surface area contributed by atoms with Crippen molar-refractivity contribution in [3.63, 3.8) is 0 Å². The van der Waals surface area contributed by atoms with Gasteiger partial charge in [-0.25, -0.2) is 5.48 Å². The van der Waals surface area contributed by atoms with Crippen LogP contribution < -0.4 is 10.8 Å². The molecule has 0 aliphatic heterocycles. The summed E-state index contributed by atoms with van der Waals surface area (Å²) < 4.78 is 0. The quantitative estimate of drug-likeness (QED) is 0.320. The van der Waals surface area contributed by atoms with Crippen LogP contribution in [-0.4, -0.2) is 16.9 Å². The molecule has 3 N–H and O–H groups in total. The van der Waals surface area contributed by atoms with Gasteiger partial charge in [0.05, 0.1) is 0 Å². The molecule has 0 heterocycles. The maximum atomic E-state index is 12.7. The molecule has 0 aromatic heterocycles. The molecule has 3 aromatic rings. The number of Topliss-reactive ketones (excluding diaryl/α,β-unsaturated/α-hetero) is 1. The molecular weight excluding hydrogens is 388 g/mol. The van der Waals surface area contributed by atoms with Gasteiger partial charge in [0.2, 0.25) is 0 Å². The van der Waals surface area contributed by atoms with Crippen LogP contribution in [0.3, 0.4) is 0 Å². The lowest BCUT2D eigenvalue weighted by Crippen LogP contribution is -2.39. The second kappa shape index (κ2) is 9.75. The second-order valence-electron chi connectivity index (χ2n) is 7.33. The van der Waals surface area contributed by atoms with Crippen molar-refractivity contribution in [1.82, 2.24) is 5.48 Å². The fourth-order valence-electron chi connectivity index (χ4n) is 3.27. The Morgan fingerprint density at radius 1 is 0.935 bits per heavy atom. The van der Waals surface area contributed by atoms with Crippen molar-refractivity contribution in [2.75, 3.05) is 5.32 Å². The van der Waals surface area contributed by atoms with Gasteiger partial charge in [-0.05, 0) is 49.7 Å². The lowest BCUT2D eigenvalue weighted by Gasteiger charge is -2.31. The molecule has 5 heteroatoms. The first-order valence-corrected chi connectivity index (χ1v) is 9.90. The van der Waals surface area contributed by atoms with Crippen LogP contribution in [0, 0.1) is 11.8 Å². The summed E-state index contributed by atoms with van der Waals surface area (Å²) >= 11 is 0. The van der Waals surface area contributed by atoms with E-state index in [0.29, 0.717) is 17.7 Å². The van der Waals surface area contributed by atoms with Gasteiger partial charge in [0.15, 0.2) is 5.78 Å². The van der Waals surface area contributed by atoms with Gasteiger partial charge in [-0.2, -0.15) is 0 Å². The second-order valence-corrected chi connectivity index (χ2v) is 7.33. The van der Waals surface area contributed by atoms with Crippen LogP contribution in [0.15, 0.2) is 78.9 Å². The number of nitrogens with one attached hydrogen (secondary N) is 2. The maximum absolute atomic E-state index is 12.7. The van der Waals surface area contributed by atoms with Crippen LogP contribution in [0.5, 0.6) is 0 Å². The van der Waals surface area contributed by atoms with Gasteiger partial charge in [0.25, 0.3) is 5.91 Å². The third-order valence-corrected chi connectivity index (χ3v) is 5.17. The summed E-state index contributed by atoms with van der Waals surface area (Å²) in [6.07, 6.45) is 0.619. The Morgan fingerprint density at radius 2 is 1.58 bits per heavy atom. The number of hydroxylamine groups is 1. The summed E-state index contributed by atoms with van der Waals surface area (Å²) in [5.41, 5.74) is 4.25. The van der Waals surface area contributed by atoms with E-state index in [2.05, 4.69) is 17.2 Å². The minimum absolute atomic E-state index is 0.0676. The zero-order valence-electron chi connectivity index (χ0n) is 17.5. The Balaban J connectivity index is 1.91. The topological polar surface area (TPSA) is 78.4 Å².